The van der Waals surface area contributed by atoms with Gasteiger partial charge in [-0.15, -0.1) is 0 Å². The monoisotopic (exact) mass is 477 g/mol. The molecule has 2 nitrogen and oxygen atoms in total. The number of anilines is 1. The molecule has 0 radical (unpaired) electrons. The maximum Gasteiger partial charge on any atom is 0.119 e. The summed E-state index contributed by atoms with van der Waals surface area (Å²) in [6.07, 6.45) is 6.01. The Morgan fingerprint density at radius 3 is 2.39 bits per heavy atom. The minimum absolute atomic E-state index is 0.246. The Bertz CT molecular complexity index is 1010. The number of rotatable bonds is 7. The van der Waals surface area contributed by atoms with Gasteiger partial charge < -0.3 is 9.64 Å². The summed E-state index contributed by atoms with van der Waals surface area (Å²) in [6, 6.07) is 24.6. The zero-order valence-electron chi connectivity index (χ0n) is 18.8. The predicted molar refractivity (Wildman–Crippen MR) is 134 cm³/mol. The largest absolute Gasteiger partial charge is 0.497 e. The molecule has 1 heterocycles. The van der Waals surface area contributed by atoms with Gasteiger partial charge in [-0.25, -0.2) is 0 Å². The SMILES string of the molecule is CCCCCc1ccc(N2CCc3cc(OC)ccc3C2(C)c2ccc(Br)cc2)cc1. The van der Waals surface area contributed by atoms with Gasteiger partial charge in [0.05, 0.1) is 12.6 Å². The molecule has 0 saturated heterocycles. The Morgan fingerprint density at radius 1 is 0.968 bits per heavy atom. The van der Waals surface area contributed by atoms with Crippen molar-refractivity contribution in [3.8, 4) is 5.75 Å². The maximum absolute atomic E-state index is 5.51. The van der Waals surface area contributed by atoms with E-state index in [0.717, 1.165) is 23.2 Å². The van der Waals surface area contributed by atoms with Gasteiger partial charge in [-0.2, -0.15) is 0 Å². The molecule has 0 N–H and O–H groups in total. The second kappa shape index (κ2) is 9.48. The van der Waals surface area contributed by atoms with Crippen LogP contribution in [0.4, 0.5) is 5.69 Å². The van der Waals surface area contributed by atoms with Gasteiger partial charge in [0.25, 0.3) is 0 Å². The molecule has 1 atom stereocenters. The van der Waals surface area contributed by atoms with Crippen molar-refractivity contribution in [2.24, 2.45) is 0 Å². The topological polar surface area (TPSA) is 12.5 Å². The number of benzene rings is 3. The van der Waals surface area contributed by atoms with Crippen LogP contribution in [0.5, 0.6) is 5.75 Å². The van der Waals surface area contributed by atoms with Gasteiger partial charge in [0.15, 0.2) is 0 Å². The van der Waals surface area contributed by atoms with Crippen molar-refractivity contribution in [2.75, 3.05) is 18.6 Å². The normalized spacial score (nSPS) is 18.0. The van der Waals surface area contributed by atoms with E-state index >= 15 is 0 Å². The van der Waals surface area contributed by atoms with E-state index in [1.165, 1.54) is 53.6 Å². The zero-order valence-corrected chi connectivity index (χ0v) is 20.4. The van der Waals surface area contributed by atoms with Crippen molar-refractivity contribution >= 4 is 21.6 Å². The minimum Gasteiger partial charge on any atom is -0.497 e. The Morgan fingerprint density at radius 2 is 1.71 bits per heavy atom. The highest BCUT2D eigenvalue weighted by atomic mass is 79.9. The zero-order chi connectivity index (χ0) is 21.8. The molecule has 3 aromatic rings. The summed E-state index contributed by atoms with van der Waals surface area (Å²) >= 11 is 3.60. The van der Waals surface area contributed by atoms with Crippen LogP contribution in [0.1, 0.15) is 55.4 Å². The average molecular weight is 478 g/mol. The Hall–Kier alpha value is -2.26. The molecule has 31 heavy (non-hydrogen) atoms. The van der Waals surface area contributed by atoms with Gasteiger partial charge in [0.1, 0.15) is 5.75 Å². The molecular formula is C28H32BrNO. The summed E-state index contributed by atoms with van der Waals surface area (Å²) in [5.74, 6) is 0.932. The fourth-order valence-electron chi connectivity index (χ4n) is 4.87. The third-order valence-corrected chi connectivity index (χ3v) is 7.23. The van der Waals surface area contributed by atoms with E-state index in [0.29, 0.717) is 0 Å². The van der Waals surface area contributed by atoms with Gasteiger partial charge in [0, 0.05) is 16.7 Å². The molecule has 3 heteroatoms. The van der Waals surface area contributed by atoms with Crippen LogP contribution in [-0.4, -0.2) is 13.7 Å². The number of halogens is 1. The predicted octanol–water partition coefficient (Wildman–Crippen LogP) is 7.52. The summed E-state index contributed by atoms with van der Waals surface area (Å²) in [5.41, 5.74) is 6.50. The number of hydrogen-bond acceptors (Lipinski definition) is 2. The van der Waals surface area contributed by atoms with Crippen LogP contribution in [0.3, 0.4) is 0 Å². The first-order chi connectivity index (χ1) is 15.1. The molecule has 162 valence electrons. The fourth-order valence-corrected chi connectivity index (χ4v) is 5.14. The molecule has 3 aromatic carbocycles. The molecule has 0 fully saturated rings. The number of hydrogen-bond donors (Lipinski definition) is 0. The lowest BCUT2D eigenvalue weighted by Crippen LogP contribution is -2.49. The van der Waals surface area contributed by atoms with Gasteiger partial charge in [-0.05, 0) is 84.8 Å². The van der Waals surface area contributed by atoms with Crippen molar-refractivity contribution < 1.29 is 4.74 Å². The lowest BCUT2D eigenvalue weighted by atomic mass is 9.76. The summed E-state index contributed by atoms with van der Waals surface area (Å²) in [6.45, 7) is 5.59. The molecule has 0 aliphatic carbocycles. The quantitative estimate of drug-likeness (QED) is 0.326. The van der Waals surface area contributed by atoms with E-state index in [2.05, 4.69) is 101 Å². The van der Waals surface area contributed by atoms with Gasteiger partial charge in [-0.1, -0.05) is 66.0 Å². The van der Waals surface area contributed by atoms with Crippen LogP contribution in [0.25, 0.3) is 0 Å². The van der Waals surface area contributed by atoms with Crippen LogP contribution in [0.2, 0.25) is 0 Å². The highest BCUT2D eigenvalue weighted by Gasteiger charge is 2.40. The first-order valence-electron chi connectivity index (χ1n) is 11.4. The molecule has 0 amide bonds. The average Bonchev–Trinajstić information content (AvgIpc) is 2.80. The first kappa shape index (κ1) is 22.0. The molecule has 0 saturated carbocycles. The molecule has 0 spiro atoms. The summed E-state index contributed by atoms with van der Waals surface area (Å²) < 4.78 is 6.62. The Kier molecular flexibility index (Phi) is 6.71. The van der Waals surface area contributed by atoms with Crippen molar-refractivity contribution in [3.05, 3.63) is 93.5 Å². The van der Waals surface area contributed by atoms with Crippen LogP contribution >= 0.6 is 15.9 Å². The first-order valence-corrected chi connectivity index (χ1v) is 12.2. The van der Waals surface area contributed by atoms with Crippen molar-refractivity contribution in [2.45, 2.75) is 51.5 Å². The second-order valence-corrected chi connectivity index (χ2v) is 9.54. The Balaban J connectivity index is 1.75. The number of unbranched alkanes of at least 4 members (excludes halogenated alkanes) is 2. The van der Waals surface area contributed by atoms with Crippen molar-refractivity contribution in [3.63, 3.8) is 0 Å². The van der Waals surface area contributed by atoms with Gasteiger partial charge >= 0.3 is 0 Å². The van der Waals surface area contributed by atoms with Crippen LogP contribution in [-0.2, 0) is 18.4 Å². The standard InChI is InChI=1S/C28H32BrNO/c1-4-5-6-7-21-8-14-25(15-9-21)30-19-18-22-20-26(31-3)16-17-27(22)28(30,2)23-10-12-24(29)13-11-23/h8-17,20H,4-7,18-19H2,1-3H3. The Labute approximate surface area is 195 Å². The number of aryl methyl sites for hydroxylation is 1. The highest BCUT2D eigenvalue weighted by Crippen LogP contribution is 2.44. The van der Waals surface area contributed by atoms with Crippen molar-refractivity contribution in [1.29, 1.82) is 0 Å². The lowest BCUT2D eigenvalue weighted by molar-refractivity contribution is 0.411. The number of ether oxygens (including phenoxy) is 1. The lowest BCUT2D eigenvalue weighted by Gasteiger charge is -2.48. The molecular weight excluding hydrogens is 446 g/mol. The summed E-state index contributed by atoms with van der Waals surface area (Å²) in [7, 11) is 1.74. The molecule has 1 aliphatic rings. The van der Waals surface area contributed by atoms with Crippen LogP contribution < -0.4 is 9.64 Å². The molecule has 4 rings (SSSR count). The number of nitrogens with zero attached hydrogens (tertiary/aromatic N) is 1. The van der Waals surface area contributed by atoms with Crippen molar-refractivity contribution in [1.82, 2.24) is 0 Å². The third-order valence-electron chi connectivity index (χ3n) is 6.70. The smallest absolute Gasteiger partial charge is 0.119 e. The van der Waals surface area contributed by atoms with E-state index in [9.17, 15) is 0 Å². The van der Waals surface area contributed by atoms with Crippen LogP contribution in [0, 0.1) is 0 Å². The number of methoxy groups -OCH3 is 1. The van der Waals surface area contributed by atoms with Gasteiger partial charge in [-0.3, -0.25) is 0 Å². The summed E-state index contributed by atoms with van der Waals surface area (Å²) in [5, 5.41) is 0. The second-order valence-electron chi connectivity index (χ2n) is 8.63. The van der Waals surface area contributed by atoms with Gasteiger partial charge in [0.2, 0.25) is 0 Å². The molecule has 1 aliphatic heterocycles. The summed E-state index contributed by atoms with van der Waals surface area (Å²) in [4.78, 5) is 2.57. The van der Waals surface area contributed by atoms with E-state index in [4.69, 9.17) is 4.74 Å². The highest BCUT2D eigenvalue weighted by molar-refractivity contribution is 9.10. The van der Waals surface area contributed by atoms with Crippen LogP contribution in [0.15, 0.2) is 71.2 Å². The van der Waals surface area contributed by atoms with E-state index in [1.807, 2.05) is 0 Å². The maximum atomic E-state index is 5.51. The number of fused-ring (bicyclic) bond motifs is 1. The molecule has 0 bridgehead atoms. The van der Waals surface area contributed by atoms with E-state index in [1.54, 1.807) is 7.11 Å². The fraction of sp³-hybridized carbons (Fsp3) is 0.357. The molecule has 0 aromatic heterocycles. The van der Waals surface area contributed by atoms with E-state index < -0.39 is 0 Å². The van der Waals surface area contributed by atoms with E-state index in [-0.39, 0.29) is 5.54 Å². The third kappa shape index (κ3) is 4.39. The molecule has 1 unspecified atom stereocenters. The minimum atomic E-state index is -0.246.